The summed E-state index contributed by atoms with van der Waals surface area (Å²) in [6, 6.07) is 4.25. The second-order valence-corrected chi connectivity index (χ2v) is 4.01. The van der Waals surface area contributed by atoms with Crippen molar-refractivity contribution in [2.45, 2.75) is 6.42 Å². The van der Waals surface area contributed by atoms with Crippen LogP contribution in [0.15, 0.2) is 12.1 Å². The zero-order valence-electron chi connectivity index (χ0n) is 9.17. The first kappa shape index (κ1) is 11.8. The summed E-state index contributed by atoms with van der Waals surface area (Å²) in [6.07, 6.45) is 0.924. The largest absolute Gasteiger partial charge is 0.382 e. The number of nitrogens with zero attached hydrogens (tertiary/aromatic N) is 1. The van der Waals surface area contributed by atoms with Gasteiger partial charge in [0.25, 0.3) is 0 Å². The van der Waals surface area contributed by atoms with Crippen molar-refractivity contribution in [1.82, 2.24) is 0 Å². The molecular formula is C12H12F2N2O. The lowest BCUT2D eigenvalue weighted by Crippen LogP contribution is -2.15. The van der Waals surface area contributed by atoms with Crippen LogP contribution in [-0.2, 0) is 4.74 Å². The highest BCUT2D eigenvalue weighted by Crippen LogP contribution is 2.21. The molecule has 1 saturated heterocycles. The van der Waals surface area contributed by atoms with Gasteiger partial charge in [0.15, 0.2) is 11.6 Å². The van der Waals surface area contributed by atoms with Crippen LogP contribution in [0.25, 0.3) is 0 Å². The van der Waals surface area contributed by atoms with Gasteiger partial charge in [0.2, 0.25) is 0 Å². The third-order valence-corrected chi connectivity index (χ3v) is 2.81. The Hall–Kier alpha value is -1.67. The molecule has 1 heterocycles. The quantitative estimate of drug-likeness (QED) is 0.878. The lowest BCUT2D eigenvalue weighted by Gasteiger charge is -2.11. The molecule has 0 aliphatic carbocycles. The number of nitriles is 1. The highest BCUT2D eigenvalue weighted by Gasteiger charge is 2.17. The lowest BCUT2D eigenvalue weighted by atomic mass is 10.1. The predicted molar refractivity (Wildman–Crippen MR) is 58.5 cm³/mol. The molecule has 1 aliphatic heterocycles. The molecule has 0 spiro atoms. The number of benzene rings is 1. The number of nitrogens with one attached hydrogen (secondary N) is 1. The van der Waals surface area contributed by atoms with Crippen molar-refractivity contribution >= 4 is 5.69 Å². The van der Waals surface area contributed by atoms with Gasteiger partial charge in [-0.1, -0.05) is 0 Å². The third-order valence-electron chi connectivity index (χ3n) is 2.81. The zero-order chi connectivity index (χ0) is 12.3. The molecule has 0 amide bonds. The van der Waals surface area contributed by atoms with Crippen LogP contribution in [-0.4, -0.2) is 19.8 Å². The molecule has 5 heteroatoms. The van der Waals surface area contributed by atoms with Gasteiger partial charge in [-0.3, -0.25) is 0 Å². The van der Waals surface area contributed by atoms with Crippen molar-refractivity contribution < 1.29 is 13.5 Å². The maximum absolute atomic E-state index is 13.5. The topological polar surface area (TPSA) is 45.0 Å². The lowest BCUT2D eigenvalue weighted by molar-refractivity contribution is 0.187. The number of rotatable bonds is 3. The van der Waals surface area contributed by atoms with Crippen molar-refractivity contribution in [3.8, 4) is 6.07 Å². The Bertz CT molecular complexity index is 451. The van der Waals surface area contributed by atoms with Gasteiger partial charge in [0.1, 0.15) is 6.07 Å². The van der Waals surface area contributed by atoms with Gasteiger partial charge in [-0.15, -0.1) is 0 Å². The van der Waals surface area contributed by atoms with Gasteiger partial charge in [0.05, 0.1) is 17.9 Å². The molecule has 1 unspecified atom stereocenters. The van der Waals surface area contributed by atoms with Gasteiger partial charge in [-0.25, -0.2) is 8.78 Å². The molecule has 17 heavy (non-hydrogen) atoms. The molecule has 0 radical (unpaired) electrons. The van der Waals surface area contributed by atoms with Crippen LogP contribution in [0.1, 0.15) is 12.0 Å². The Balaban J connectivity index is 2.06. The summed E-state index contributed by atoms with van der Waals surface area (Å²) in [6.45, 7) is 1.91. The van der Waals surface area contributed by atoms with Gasteiger partial charge >= 0.3 is 0 Å². The molecule has 3 nitrogen and oxygen atoms in total. The molecule has 1 N–H and O–H groups in total. The number of anilines is 1. The Morgan fingerprint density at radius 1 is 1.41 bits per heavy atom. The van der Waals surface area contributed by atoms with Gasteiger partial charge in [-0.2, -0.15) is 5.26 Å². The summed E-state index contributed by atoms with van der Waals surface area (Å²) >= 11 is 0. The summed E-state index contributed by atoms with van der Waals surface area (Å²) in [4.78, 5) is 0. The second-order valence-electron chi connectivity index (χ2n) is 4.01. The van der Waals surface area contributed by atoms with E-state index in [1.165, 1.54) is 12.1 Å². The van der Waals surface area contributed by atoms with Crippen LogP contribution >= 0.6 is 0 Å². The first-order valence-electron chi connectivity index (χ1n) is 5.42. The third kappa shape index (κ3) is 2.53. The van der Waals surface area contributed by atoms with E-state index in [4.69, 9.17) is 10.00 Å². The second kappa shape index (κ2) is 5.11. The zero-order valence-corrected chi connectivity index (χ0v) is 9.17. The fourth-order valence-electron chi connectivity index (χ4n) is 1.77. The van der Waals surface area contributed by atoms with E-state index in [2.05, 4.69) is 5.32 Å². The Morgan fingerprint density at radius 3 is 2.88 bits per heavy atom. The maximum atomic E-state index is 13.5. The van der Waals surface area contributed by atoms with E-state index in [0.29, 0.717) is 19.1 Å². The molecule has 1 aromatic rings. The molecule has 1 fully saturated rings. The molecular weight excluding hydrogens is 226 g/mol. The maximum Gasteiger partial charge on any atom is 0.183 e. The normalized spacial score (nSPS) is 19.0. The summed E-state index contributed by atoms with van der Waals surface area (Å²) in [7, 11) is 0. The average Bonchev–Trinajstić information content (AvgIpc) is 2.84. The fourth-order valence-corrected chi connectivity index (χ4v) is 1.77. The molecule has 0 aromatic heterocycles. The monoisotopic (exact) mass is 238 g/mol. The minimum absolute atomic E-state index is 0.0911. The van der Waals surface area contributed by atoms with Crippen LogP contribution in [0.2, 0.25) is 0 Å². The van der Waals surface area contributed by atoms with E-state index in [-0.39, 0.29) is 11.3 Å². The van der Waals surface area contributed by atoms with Crippen LogP contribution in [0.3, 0.4) is 0 Å². The number of hydrogen-bond donors (Lipinski definition) is 1. The smallest absolute Gasteiger partial charge is 0.183 e. The molecule has 1 atom stereocenters. The van der Waals surface area contributed by atoms with Crippen molar-refractivity contribution in [2.75, 3.05) is 25.1 Å². The SMILES string of the molecule is N#Cc1ccc(NCC2CCOC2)c(F)c1F. The standard InChI is InChI=1S/C12H12F2N2O/c13-11-9(5-15)1-2-10(12(11)14)16-6-8-3-4-17-7-8/h1-2,8,16H,3-4,6-7H2. The van der Waals surface area contributed by atoms with Crippen LogP contribution in [0.4, 0.5) is 14.5 Å². The van der Waals surface area contributed by atoms with E-state index in [1.807, 2.05) is 0 Å². The molecule has 0 saturated carbocycles. The summed E-state index contributed by atoms with van der Waals surface area (Å²) in [5.74, 6) is -1.77. The van der Waals surface area contributed by atoms with E-state index in [9.17, 15) is 8.78 Å². The Morgan fingerprint density at radius 2 is 2.24 bits per heavy atom. The summed E-state index contributed by atoms with van der Waals surface area (Å²) < 4.78 is 32.0. The molecule has 0 bridgehead atoms. The fraction of sp³-hybridized carbons (Fsp3) is 0.417. The Labute approximate surface area is 98.0 Å². The van der Waals surface area contributed by atoms with E-state index < -0.39 is 11.6 Å². The van der Waals surface area contributed by atoms with Crippen molar-refractivity contribution in [1.29, 1.82) is 5.26 Å². The minimum atomic E-state index is -1.10. The van der Waals surface area contributed by atoms with Crippen molar-refractivity contribution in [2.24, 2.45) is 5.92 Å². The molecule has 2 rings (SSSR count). The molecule has 90 valence electrons. The van der Waals surface area contributed by atoms with E-state index in [1.54, 1.807) is 6.07 Å². The first-order chi connectivity index (χ1) is 8.22. The highest BCUT2D eigenvalue weighted by atomic mass is 19.2. The van der Waals surface area contributed by atoms with Crippen LogP contribution in [0.5, 0.6) is 0 Å². The van der Waals surface area contributed by atoms with Crippen molar-refractivity contribution in [3.63, 3.8) is 0 Å². The number of hydrogen-bond acceptors (Lipinski definition) is 3. The van der Waals surface area contributed by atoms with Gasteiger partial charge in [0, 0.05) is 19.1 Å². The van der Waals surface area contributed by atoms with Crippen LogP contribution < -0.4 is 5.32 Å². The van der Waals surface area contributed by atoms with E-state index in [0.717, 1.165) is 13.0 Å². The van der Waals surface area contributed by atoms with Gasteiger partial charge < -0.3 is 10.1 Å². The summed E-state index contributed by atoms with van der Waals surface area (Å²) in [5.41, 5.74) is -0.189. The highest BCUT2D eigenvalue weighted by molar-refractivity contribution is 5.49. The molecule has 1 aliphatic rings. The van der Waals surface area contributed by atoms with Gasteiger partial charge in [-0.05, 0) is 18.6 Å². The minimum Gasteiger partial charge on any atom is -0.382 e. The van der Waals surface area contributed by atoms with Crippen LogP contribution in [0, 0.1) is 28.9 Å². The Kier molecular flexibility index (Phi) is 3.55. The predicted octanol–water partition coefficient (Wildman–Crippen LogP) is 2.28. The average molecular weight is 238 g/mol. The first-order valence-corrected chi connectivity index (χ1v) is 5.42. The molecule has 1 aromatic carbocycles. The number of ether oxygens (including phenoxy) is 1. The summed E-state index contributed by atoms with van der Waals surface area (Å²) in [5, 5.41) is 11.4. The number of halogens is 2. The van der Waals surface area contributed by atoms with E-state index >= 15 is 0 Å². The van der Waals surface area contributed by atoms with Crippen molar-refractivity contribution in [3.05, 3.63) is 29.3 Å².